The number of aromatic nitrogens is 1. The summed E-state index contributed by atoms with van der Waals surface area (Å²) in [4.78, 5) is 22.2. The number of piperazine rings is 1. The third kappa shape index (κ3) is 5.32. The molecule has 1 amide bonds. The number of carbonyl (C=O) groups excluding carboxylic acids is 1. The molecule has 1 aliphatic rings. The molecule has 0 unspecified atom stereocenters. The Morgan fingerprint density at radius 3 is 2.69 bits per heavy atom. The van der Waals surface area contributed by atoms with Crippen molar-refractivity contribution in [2.75, 3.05) is 51.3 Å². The summed E-state index contributed by atoms with van der Waals surface area (Å²) in [5, 5.41) is 4.03. The average molecular weight is 473 g/mol. The van der Waals surface area contributed by atoms with Gasteiger partial charge in [-0.05, 0) is 30.3 Å². The Morgan fingerprint density at radius 1 is 1.21 bits per heavy atom. The van der Waals surface area contributed by atoms with Gasteiger partial charge in [-0.1, -0.05) is 22.9 Å². The first-order valence-electron chi connectivity index (χ1n) is 9.08. The normalized spacial score (nSPS) is 14.6. The Hall–Kier alpha value is -1.58. The second-order valence-electron chi connectivity index (χ2n) is 6.52. The number of hydrogen-bond donors (Lipinski definition) is 1. The van der Waals surface area contributed by atoms with Gasteiger partial charge >= 0.3 is 0 Å². The van der Waals surface area contributed by atoms with Crippen LogP contribution in [0.2, 0.25) is 4.34 Å². The Bertz CT molecular complexity index is 970. The topological polar surface area (TPSA) is 57.7 Å². The minimum atomic E-state index is -0.0551. The highest BCUT2D eigenvalue weighted by Gasteiger charge is 2.20. The molecule has 0 bridgehead atoms. The number of nitrogens with zero attached hydrogens (tertiary/aromatic N) is 3. The number of nitrogens with one attached hydrogen (secondary N) is 1. The van der Waals surface area contributed by atoms with Gasteiger partial charge in [0.1, 0.15) is 5.75 Å². The van der Waals surface area contributed by atoms with Gasteiger partial charge in [-0.15, -0.1) is 23.7 Å². The van der Waals surface area contributed by atoms with E-state index in [0.717, 1.165) is 53.8 Å². The van der Waals surface area contributed by atoms with E-state index in [9.17, 15) is 4.79 Å². The largest absolute Gasteiger partial charge is 0.497 e. The smallest absolute Gasteiger partial charge is 0.261 e. The molecule has 3 heterocycles. The molecule has 1 aliphatic heterocycles. The second kappa shape index (κ2) is 9.95. The van der Waals surface area contributed by atoms with E-state index < -0.39 is 0 Å². The first kappa shape index (κ1) is 22.1. The van der Waals surface area contributed by atoms with Crippen molar-refractivity contribution in [3.63, 3.8) is 0 Å². The molecule has 2 aromatic heterocycles. The van der Waals surface area contributed by atoms with Crippen LogP contribution in [0.4, 0.5) is 5.13 Å². The van der Waals surface area contributed by atoms with Gasteiger partial charge in [-0.3, -0.25) is 9.69 Å². The number of rotatable bonds is 6. The Labute approximate surface area is 188 Å². The van der Waals surface area contributed by atoms with Crippen molar-refractivity contribution in [1.82, 2.24) is 15.2 Å². The molecule has 3 aromatic rings. The van der Waals surface area contributed by atoms with Gasteiger partial charge in [0.2, 0.25) is 0 Å². The highest BCUT2D eigenvalue weighted by molar-refractivity contribution is 7.22. The molecule has 0 aliphatic carbocycles. The lowest BCUT2D eigenvalue weighted by atomic mass is 10.3. The lowest BCUT2D eigenvalue weighted by Crippen LogP contribution is -2.48. The van der Waals surface area contributed by atoms with Crippen LogP contribution >= 0.6 is 46.7 Å². The van der Waals surface area contributed by atoms with Crippen LogP contribution in [-0.2, 0) is 0 Å². The minimum absolute atomic E-state index is 0. The third-order valence-electron chi connectivity index (χ3n) is 4.74. The van der Waals surface area contributed by atoms with Gasteiger partial charge in [-0.2, -0.15) is 0 Å². The van der Waals surface area contributed by atoms with Crippen LogP contribution in [0.25, 0.3) is 10.2 Å². The van der Waals surface area contributed by atoms with Crippen molar-refractivity contribution in [3.8, 4) is 5.75 Å². The number of amides is 1. The van der Waals surface area contributed by atoms with Crippen molar-refractivity contribution in [1.29, 1.82) is 0 Å². The highest BCUT2D eigenvalue weighted by Crippen LogP contribution is 2.31. The van der Waals surface area contributed by atoms with Gasteiger partial charge in [0.25, 0.3) is 5.91 Å². The average Bonchev–Trinajstić information content (AvgIpc) is 3.34. The van der Waals surface area contributed by atoms with Crippen LogP contribution in [0.15, 0.2) is 30.3 Å². The van der Waals surface area contributed by atoms with Gasteiger partial charge in [0.05, 0.1) is 26.5 Å². The summed E-state index contributed by atoms with van der Waals surface area (Å²) in [5.41, 5.74) is 1.01. The predicted octanol–water partition coefficient (Wildman–Crippen LogP) is 3.99. The van der Waals surface area contributed by atoms with Crippen LogP contribution in [0.3, 0.4) is 0 Å². The lowest BCUT2D eigenvalue weighted by Gasteiger charge is -2.34. The fourth-order valence-electron chi connectivity index (χ4n) is 3.17. The summed E-state index contributed by atoms with van der Waals surface area (Å²) in [6.07, 6.45) is 0. The molecule has 10 heteroatoms. The number of hydrogen-bond acceptors (Lipinski definition) is 7. The van der Waals surface area contributed by atoms with Crippen molar-refractivity contribution in [2.24, 2.45) is 0 Å². The zero-order chi connectivity index (χ0) is 19.5. The zero-order valence-electron chi connectivity index (χ0n) is 15.9. The lowest BCUT2D eigenvalue weighted by molar-refractivity contribution is 0.0952. The maximum Gasteiger partial charge on any atom is 0.261 e. The van der Waals surface area contributed by atoms with Crippen molar-refractivity contribution >= 4 is 67.9 Å². The van der Waals surface area contributed by atoms with E-state index in [1.807, 2.05) is 18.2 Å². The van der Waals surface area contributed by atoms with E-state index in [4.69, 9.17) is 21.3 Å². The van der Waals surface area contributed by atoms with Gasteiger partial charge in [0.15, 0.2) is 5.13 Å². The Balaban J connectivity index is 0.00000240. The number of carbonyl (C=O) groups is 1. The van der Waals surface area contributed by atoms with E-state index in [0.29, 0.717) is 15.8 Å². The van der Waals surface area contributed by atoms with Crippen LogP contribution < -0.4 is 15.0 Å². The summed E-state index contributed by atoms with van der Waals surface area (Å²) in [6, 6.07) is 9.50. The zero-order valence-corrected chi connectivity index (χ0v) is 19.1. The molecule has 29 heavy (non-hydrogen) atoms. The molecule has 0 spiro atoms. The molecule has 0 saturated carbocycles. The Kier molecular flexibility index (Phi) is 7.59. The molecule has 1 N–H and O–H groups in total. The molecule has 0 atom stereocenters. The van der Waals surface area contributed by atoms with E-state index >= 15 is 0 Å². The quantitative estimate of drug-likeness (QED) is 0.587. The summed E-state index contributed by atoms with van der Waals surface area (Å²) in [6.45, 7) is 5.27. The number of thiazole rings is 1. The summed E-state index contributed by atoms with van der Waals surface area (Å²) in [5.74, 6) is 0.805. The summed E-state index contributed by atoms with van der Waals surface area (Å²) in [7, 11) is 1.68. The van der Waals surface area contributed by atoms with Crippen molar-refractivity contribution in [3.05, 3.63) is 39.5 Å². The fraction of sp³-hybridized carbons (Fsp3) is 0.368. The molecule has 0 radical (unpaired) electrons. The summed E-state index contributed by atoms with van der Waals surface area (Å²) >= 11 is 8.89. The minimum Gasteiger partial charge on any atom is -0.497 e. The van der Waals surface area contributed by atoms with Gasteiger partial charge in [-0.25, -0.2) is 4.98 Å². The standard InChI is InChI=1S/C19H21ClN4O2S2.ClH/c1-26-13-2-3-14-16(12-13)28-19(22-14)24-10-8-23(9-11-24)7-6-21-18(25)15-4-5-17(20)27-15;/h2-5,12H,6-11H2,1H3,(H,21,25);1H. The van der Waals surface area contributed by atoms with Crippen LogP contribution in [-0.4, -0.2) is 62.2 Å². The molecular weight excluding hydrogens is 451 g/mol. The molecule has 1 fully saturated rings. The van der Waals surface area contributed by atoms with E-state index in [2.05, 4.69) is 15.1 Å². The van der Waals surface area contributed by atoms with E-state index in [1.54, 1.807) is 30.6 Å². The second-order valence-corrected chi connectivity index (χ2v) is 9.24. The first-order valence-corrected chi connectivity index (χ1v) is 11.1. The number of halogens is 2. The van der Waals surface area contributed by atoms with Crippen molar-refractivity contribution in [2.45, 2.75) is 0 Å². The number of fused-ring (bicyclic) bond motifs is 1. The number of thiophene rings is 1. The molecule has 156 valence electrons. The SMILES string of the molecule is COc1ccc2nc(N3CCN(CCNC(=O)c4ccc(Cl)s4)CC3)sc2c1.Cl. The number of ether oxygens (including phenoxy) is 1. The fourth-order valence-corrected chi connectivity index (χ4v) is 5.17. The third-order valence-corrected chi connectivity index (χ3v) is 7.05. The van der Waals surface area contributed by atoms with E-state index in [-0.39, 0.29) is 18.3 Å². The maximum atomic E-state index is 12.1. The van der Waals surface area contributed by atoms with Crippen LogP contribution in [0, 0.1) is 0 Å². The summed E-state index contributed by atoms with van der Waals surface area (Å²) < 4.78 is 7.08. The van der Waals surface area contributed by atoms with E-state index in [1.165, 1.54) is 11.3 Å². The number of benzene rings is 1. The molecule has 1 aromatic carbocycles. The first-order chi connectivity index (χ1) is 13.6. The molecule has 6 nitrogen and oxygen atoms in total. The molecule has 4 rings (SSSR count). The monoisotopic (exact) mass is 472 g/mol. The highest BCUT2D eigenvalue weighted by atomic mass is 35.5. The maximum absolute atomic E-state index is 12.1. The number of anilines is 1. The van der Waals surface area contributed by atoms with Gasteiger partial charge < -0.3 is 15.0 Å². The predicted molar refractivity (Wildman–Crippen MR) is 124 cm³/mol. The number of methoxy groups -OCH3 is 1. The van der Waals surface area contributed by atoms with Crippen molar-refractivity contribution < 1.29 is 9.53 Å². The van der Waals surface area contributed by atoms with Crippen LogP contribution in [0.1, 0.15) is 9.67 Å². The van der Waals surface area contributed by atoms with Crippen LogP contribution in [0.5, 0.6) is 5.75 Å². The van der Waals surface area contributed by atoms with Gasteiger partial charge in [0, 0.05) is 39.3 Å². The molecular formula is C19H22Cl2N4O2S2. The molecule has 1 saturated heterocycles. The Morgan fingerprint density at radius 2 is 2.00 bits per heavy atom.